The molecule has 1 aliphatic rings. The molecule has 1 aliphatic carbocycles. The fraction of sp³-hybridized carbons (Fsp3) is 0.167. The Labute approximate surface area is 215 Å². The number of hydrogen-bond acceptors (Lipinski definition) is 5. The number of hydrogen-bond donors (Lipinski definition) is 2. The molecule has 7 nitrogen and oxygen atoms in total. The van der Waals surface area contributed by atoms with Gasteiger partial charge in [0.05, 0.1) is 17.4 Å². The number of nitrogens with zero attached hydrogens (tertiary/aromatic N) is 3. The maximum Gasteiger partial charge on any atom is 0.252 e. The molecule has 4 aromatic rings. The van der Waals surface area contributed by atoms with E-state index in [2.05, 4.69) is 38.0 Å². The maximum absolute atomic E-state index is 13.5. The van der Waals surface area contributed by atoms with Gasteiger partial charge >= 0.3 is 0 Å². The van der Waals surface area contributed by atoms with Gasteiger partial charge in [-0.3, -0.25) is 14.6 Å². The molecule has 5 rings (SSSR count). The fourth-order valence-corrected chi connectivity index (χ4v) is 4.51. The third-order valence-corrected chi connectivity index (χ3v) is 6.41. The Hall–Kier alpha value is -4.65. The van der Waals surface area contributed by atoms with Crippen LogP contribution in [0.5, 0.6) is 0 Å². The topological polar surface area (TPSA) is 95.8 Å². The Morgan fingerprint density at radius 3 is 2.32 bits per heavy atom. The molecule has 3 aromatic carbocycles. The number of carbonyl (C=O) groups is 2. The molecule has 1 aromatic heterocycles. The van der Waals surface area contributed by atoms with Crippen LogP contribution in [-0.4, -0.2) is 16.8 Å². The highest BCUT2D eigenvalue weighted by atomic mass is 16.2. The van der Waals surface area contributed by atoms with E-state index < -0.39 is 6.04 Å². The van der Waals surface area contributed by atoms with Crippen molar-refractivity contribution in [3.63, 3.8) is 0 Å². The lowest BCUT2D eigenvalue weighted by Gasteiger charge is -2.28. The lowest BCUT2D eigenvalue weighted by atomic mass is 9.87. The van der Waals surface area contributed by atoms with Crippen LogP contribution in [0.15, 0.2) is 114 Å². The number of pyridine rings is 1. The van der Waals surface area contributed by atoms with E-state index in [9.17, 15) is 9.59 Å². The number of nitrogens with one attached hydrogen (secondary N) is 2. The molecular formula is C30H27N5O2. The summed E-state index contributed by atoms with van der Waals surface area (Å²) in [6.45, 7) is 0. The molecule has 184 valence electrons. The van der Waals surface area contributed by atoms with Crippen molar-refractivity contribution in [2.24, 2.45) is 10.2 Å². The summed E-state index contributed by atoms with van der Waals surface area (Å²) in [5.74, 6) is -0.629. The molecule has 0 saturated carbocycles. The average Bonchev–Trinajstić information content (AvgIpc) is 2.96. The minimum absolute atomic E-state index is 0.0946. The summed E-state index contributed by atoms with van der Waals surface area (Å²) in [7, 11) is 0. The van der Waals surface area contributed by atoms with Crippen LogP contribution in [0.2, 0.25) is 0 Å². The van der Waals surface area contributed by atoms with Crippen molar-refractivity contribution in [2.45, 2.75) is 31.3 Å². The number of rotatable bonds is 7. The van der Waals surface area contributed by atoms with Gasteiger partial charge in [0.15, 0.2) is 0 Å². The fourth-order valence-electron chi connectivity index (χ4n) is 4.51. The van der Waals surface area contributed by atoms with Gasteiger partial charge in [-0.25, -0.2) is 0 Å². The summed E-state index contributed by atoms with van der Waals surface area (Å²) in [5.41, 5.74) is 4.80. The zero-order chi connectivity index (χ0) is 25.5. The molecule has 2 unspecified atom stereocenters. The molecule has 0 saturated heterocycles. The van der Waals surface area contributed by atoms with Crippen LogP contribution in [0, 0.1) is 0 Å². The standard InChI is InChI=1S/C30H27N5O2/c36-29(22-15-17-25(18-16-22)35-34-24-11-2-1-3-12-24)33-28(23-10-7-19-31-20-23)30(37)32-27-14-6-9-21-8-4-5-13-26(21)27/h1-5,7-8,10-13,15-20,27-28H,6,9,14H2,(H,32,37)(H,33,36). The lowest BCUT2D eigenvalue weighted by molar-refractivity contribution is -0.124. The first kappa shape index (κ1) is 24.1. The van der Waals surface area contributed by atoms with E-state index in [4.69, 9.17) is 0 Å². The van der Waals surface area contributed by atoms with Crippen molar-refractivity contribution < 1.29 is 9.59 Å². The summed E-state index contributed by atoms with van der Waals surface area (Å²) in [5, 5.41) is 14.5. The van der Waals surface area contributed by atoms with Crippen LogP contribution >= 0.6 is 0 Å². The van der Waals surface area contributed by atoms with Crippen molar-refractivity contribution in [2.75, 3.05) is 0 Å². The first-order valence-electron chi connectivity index (χ1n) is 12.3. The van der Waals surface area contributed by atoms with Gasteiger partial charge in [0.2, 0.25) is 5.91 Å². The molecule has 0 bridgehead atoms. The third kappa shape index (κ3) is 5.95. The Morgan fingerprint density at radius 1 is 0.838 bits per heavy atom. The highest BCUT2D eigenvalue weighted by Crippen LogP contribution is 2.30. The Kier molecular flexibility index (Phi) is 7.41. The van der Waals surface area contributed by atoms with E-state index in [1.807, 2.05) is 42.5 Å². The Bertz CT molecular complexity index is 1390. The first-order chi connectivity index (χ1) is 18.2. The largest absolute Gasteiger partial charge is 0.347 e. The Balaban J connectivity index is 1.31. The van der Waals surface area contributed by atoms with Crippen LogP contribution in [-0.2, 0) is 11.2 Å². The minimum Gasteiger partial charge on any atom is -0.347 e. The summed E-state index contributed by atoms with van der Waals surface area (Å²) < 4.78 is 0. The summed E-state index contributed by atoms with van der Waals surface area (Å²) in [6.07, 6.45) is 6.11. The number of aromatic nitrogens is 1. The number of benzene rings is 3. The zero-order valence-corrected chi connectivity index (χ0v) is 20.2. The van der Waals surface area contributed by atoms with Crippen LogP contribution in [0.4, 0.5) is 11.4 Å². The van der Waals surface area contributed by atoms with Crippen LogP contribution < -0.4 is 10.6 Å². The molecule has 7 heteroatoms. The SMILES string of the molecule is O=C(NC(C(=O)NC1CCCc2ccccc21)c1cccnc1)c1ccc(N=Nc2ccccc2)cc1. The van der Waals surface area contributed by atoms with Crippen molar-refractivity contribution >= 4 is 23.2 Å². The minimum atomic E-state index is -0.882. The van der Waals surface area contributed by atoms with Gasteiger partial charge in [-0.1, -0.05) is 48.5 Å². The second-order valence-corrected chi connectivity index (χ2v) is 8.93. The van der Waals surface area contributed by atoms with E-state index in [-0.39, 0.29) is 17.9 Å². The smallest absolute Gasteiger partial charge is 0.252 e. The predicted molar refractivity (Wildman–Crippen MR) is 142 cm³/mol. The van der Waals surface area contributed by atoms with Gasteiger partial charge in [-0.05, 0) is 72.9 Å². The normalized spacial score (nSPS) is 15.5. The van der Waals surface area contributed by atoms with Crippen LogP contribution in [0.3, 0.4) is 0 Å². The maximum atomic E-state index is 13.5. The number of azo groups is 1. The lowest BCUT2D eigenvalue weighted by Crippen LogP contribution is -2.42. The van der Waals surface area contributed by atoms with E-state index in [0.717, 1.165) is 30.5 Å². The molecule has 0 fully saturated rings. The van der Waals surface area contributed by atoms with Gasteiger partial charge < -0.3 is 10.6 Å². The molecule has 0 aliphatic heterocycles. The van der Waals surface area contributed by atoms with Gasteiger partial charge in [0.25, 0.3) is 5.91 Å². The Morgan fingerprint density at radius 2 is 1.57 bits per heavy atom. The highest BCUT2D eigenvalue weighted by molar-refractivity contribution is 5.98. The monoisotopic (exact) mass is 489 g/mol. The number of carbonyl (C=O) groups excluding carboxylic acids is 2. The number of aryl methyl sites for hydroxylation is 1. The van der Waals surface area contributed by atoms with Crippen molar-refractivity contribution in [3.8, 4) is 0 Å². The van der Waals surface area contributed by atoms with E-state index in [1.165, 1.54) is 5.56 Å². The summed E-state index contributed by atoms with van der Waals surface area (Å²) >= 11 is 0. The molecule has 37 heavy (non-hydrogen) atoms. The molecule has 0 spiro atoms. The highest BCUT2D eigenvalue weighted by Gasteiger charge is 2.28. The number of amides is 2. The first-order valence-corrected chi connectivity index (χ1v) is 12.3. The zero-order valence-electron chi connectivity index (χ0n) is 20.2. The second kappa shape index (κ2) is 11.4. The third-order valence-electron chi connectivity index (χ3n) is 6.41. The van der Waals surface area contributed by atoms with Crippen LogP contribution in [0.25, 0.3) is 0 Å². The van der Waals surface area contributed by atoms with E-state index >= 15 is 0 Å². The number of fused-ring (bicyclic) bond motifs is 1. The second-order valence-electron chi connectivity index (χ2n) is 8.93. The molecule has 2 atom stereocenters. The quantitative estimate of drug-likeness (QED) is 0.304. The van der Waals surface area contributed by atoms with Crippen LogP contribution in [0.1, 0.15) is 52.0 Å². The molecule has 2 amide bonds. The van der Waals surface area contributed by atoms with E-state index in [1.54, 1.807) is 48.8 Å². The van der Waals surface area contributed by atoms with Gasteiger partial charge in [-0.2, -0.15) is 10.2 Å². The molecule has 0 radical (unpaired) electrons. The predicted octanol–water partition coefficient (Wildman–Crippen LogP) is 6.16. The van der Waals surface area contributed by atoms with Gasteiger partial charge in [0.1, 0.15) is 6.04 Å². The van der Waals surface area contributed by atoms with Gasteiger partial charge in [-0.15, -0.1) is 0 Å². The average molecular weight is 490 g/mol. The molecule has 2 N–H and O–H groups in total. The summed E-state index contributed by atoms with van der Waals surface area (Å²) in [6, 6.07) is 27.0. The van der Waals surface area contributed by atoms with E-state index in [0.29, 0.717) is 16.8 Å². The summed E-state index contributed by atoms with van der Waals surface area (Å²) in [4.78, 5) is 30.8. The van der Waals surface area contributed by atoms with Crippen molar-refractivity contribution in [3.05, 3.63) is 126 Å². The van der Waals surface area contributed by atoms with Crippen molar-refractivity contribution in [1.82, 2.24) is 15.6 Å². The van der Waals surface area contributed by atoms with Crippen molar-refractivity contribution in [1.29, 1.82) is 0 Å². The molecular weight excluding hydrogens is 462 g/mol. The van der Waals surface area contributed by atoms with Gasteiger partial charge in [0, 0.05) is 23.5 Å². The molecule has 1 heterocycles.